The van der Waals surface area contributed by atoms with Crippen LogP contribution in [0.25, 0.3) is 11.3 Å². The third kappa shape index (κ3) is 21.1. The van der Waals surface area contributed by atoms with E-state index in [1.807, 2.05) is 47.7 Å². The molecule has 92 heavy (non-hydrogen) atoms. The average Bonchev–Trinajstić information content (AvgIpc) is 1.45. The smallest absolute Gasteiger partial charge is 0.420 e. The molecule has 7 heterocycles. The van der Waals surface area contributed by atoms with Crippen LogP contribution in [0.4, 0.5) is 42.7 Å². The first kappa shape index (κ1) is 69.1. The number of pyridine rings is 1. The van der Waals surface area contributed by atoms with Gasteiger partial charge in [0.25, 0.3) is 11.8 Å². The maximum Gasteiger partial charge on any atom is 0.487 e. The number of anilines is 6. The van der Waals surface area contributed by atoms with Crippen LogP contribution in [0, 0.1) is 19.8 Å². The zero-order chi connectivity index (χ0) is 64.7. The second-order valence-corrected chi connectivity index (χ2v) is 23.5. The van der Waals surface area contributed by atoms with Crippen molar-refractivity contribution in [3.63, 3.8) is 0 Å². The Balaban J connectivity index is 0.559. The molecule has 0 saturated carbocycles. The van der Waals surface area contributed by atoms with Gasteiger partial charge in [-0.1, -0.05) is 35.1 Å². The van der Waals surface area contributed by atoms with E-state index in [9.17, 15) is 28.0 Å². The minimum atomic E-state index is -3.87. The number of carbonyl (C=O) groups excluding carboxylic acids is 4. The van der Waals surface area contributed by atoms with Crippen molar-refractivity contribution in [3.05, 3.63) is 106 Å². The van der Waals surface area contributed by atoms with Gasteiger partial charge in [-0.2, -0.15) is 5.10 Å². The van der Waals surface area contributed by atoms with Crippen LogP contribution in [0.5, 0.6) is 5.75 Å². The summed E-state index contributed by atoms with van der Waals surface area (Å²) in [4.78, 5) is 77.5. The Morgan fingerprint density at radius 3 is 2.05 bits per heavy atom. The minimum absolute atomic E-state index is 0.0269. The molecule has 3 saturated heterocycles. The van der Waals surface area contributed by atoms with Crippen LogP contribution in [-0.2, 0) is 42.7 Å². The predicted octanol–water partition coefficient (Wildman–Crippen LogP) is 8.75. The van der Waals surface area contributed by atoms with Gasteiger partial charge in [-0.15, -0.1) is 8.78 Å². The SMILES string of the molecule is Cc1nc(Nc2ncc(C(=O)Nc3c(C)cccc3Cl)s2)cc(N2CCN(C(=O)CCOCCOCCOCCOCCOCCOCCNC(=O)C3CCN(c4ncc(C(=O)Nc5ccc(OC(F)(F)Cl)cc5)cc4-c4ccnn4C4CCCCO4)CC3)CC2)n1. The molecule has 3 aliphatic rings. The molecule has 1 atom stereocenters. The van der Waals surface area contributed by atoms with Gasteiger partial charge < -0.3 is 73.9 Å². The predicted molar refractivity (Wildman–Crippen MR) is 343 cm³/mol. The van der Waals surface area contributed by atoms with E-state index in [2.05, 4.69) is 55.9 Å². The zero-order valence-corrected chi connectivity index (χ0v) is 53.7. The first-order chi connectivity index (χ1) is 44.6. The number of piperidine rings is 1. The van der Waals surface area contributed by atoms with Gasteiger partial charge in [0.1, 0.15) is 33.9 Å². The highest BCUT2D eigenvalue weighted by molar-refractivity contribution is 7.17. The second-order valence-electron chi connectivity index (χ2n) is 21.6. The minimum Gasteiger partial charge on any atom is -0.420 e. The summed E-state index contributed by atoms with van der Waals surface area (Å²) < 4.78 is 72.3. The number of hydrogen-bond donors (Lipinski definition) is 4. The van der Waals surface area contributed by atoms with Crippen molar-refractivity contribution in [3.8, 4) is 17.0 Å². The summed E-state index contributed by atoms with van der Waals surface area (Å²) in [6.07, 6.45) is 8.59. The van der Waals surface area contributed by atoms with Crippen LogP contribution in [-0.4, -0.2) is 196 Å². The topological polar surface area (TPSA) is 269 Å². The lowest BCUT2D eigenvalue weighted by Crippen LogP contribution is -2.49. The number of alkyl halides is 3. The Morgan fingerprint density at radius 2 is 1.40 bits per heavy atom. The second kappa shape index (κ2) is 35.1. The molecule has 4 aromatic heterocycles. The molecular weight excluding hydrogens is 1260 g/mol. The van der Waals surface area contributed by atoms with E-state index in [1.54, 1.807) is 18.3 Å². The number of hydrogen-bond acceptors (Lipinski definition) is 21. The van der Waals surface area contributed by atoms with Crippen molar-refractivity contribution in [2.45, 2.75) is 64.2 Å². The van der Waals surface area contributed by atoms with E-state index in [0.717, 1.165) is 36.3 Å². The Morgan fingerprint density at radius 1 is 0.728 bits per heavy atom. The van der Waals surface area contributed by atoms with Gasteiger partial charge in [0.2, 0.25) is 11.8 Å². The lowest BCUT2D eigenvalue weighted by Gasteiger charge is -2.35. The monoisotopic (exact) mass is 1340 g/mol. The van der Waals surface area contributed by atoms with Crippen LogP contribution < -0.4 is 35.8 Å². The molecule has 4 amide bonds. The molecule has 0 spiro atoms. The lowest BCUT2D eigenvalue weighted by molar-refractivity contribution is -0.132. The van der Waals surface area contributed by atoms with Crippen LogP contribution in [0.15, 0.2) is 79.3 Å². The third-order valence-corrected chi connectivity index (χ3v) is 16.4. The Kier molecular flexibility index (Phi) is 26.4. The van der Waals surface area contributed by atoms with Gasteiger partial charge in [-0.3, -0.25) is 19.2 Å². The summed E-state index contributed by atoms with van der Waals surface area (Å²) in [6, 6.07) is 16.3. The molecule has 0 radical (unpaired) electrons. The van der Waals surface area contributed by atoms with Crippen molar-refractivity contribution in [1.82, 2.24) is 39.9 Å². The molecule has 4 N–H and O–H groups in total. The number of benzene rings is 2. The van der Waals surface area contributed by atoms with Crippen molar-refractivity contribution in [1.29, 1.82) is 0 Å². The highest BCUT2D eigenvalue weighted by Crippen LogP contribution is 2.37. The molecule has 9 rings (SSSR count). The number of thiazole rings is 1. The number of nitrogens with one attached hydrogen (secondary N) is 4. The van der Waals surface area contributed by atoms with Crippen LogP contribution in [0.1, 0.15) is 76.2 Å². The van der Waals surface area contributed by atoms with Crippen LogP contribution >= 0.6 is 34.5 Å². The summed E-state index contributed by atoms with van der Waals surface area (Å²) in [5.41, 5.74) is -0.435. The van der Waals surface area contributed by atoms with Crippen molar-refractivity contribution in [2.24, 2.45) is 5.92 Å². The van der Waals surface area contributed by atoms with Gasteiger partial charge in [-0.25, -0.2) is 24.6 Å². The van der Waals surface area contributed by atoms with E-state index in [4.69, 9.17) is 61.3 Å². The summed E-state index contributed by atoms with van der Waals surface area (Å²) >= 11 is 12.4. The highest BCUT2D eigenvalue weighted by Gasteiger charge is 2.31. The standard InChI is InChI=1S/C62H77Cl2F2N13O12S/c1-42-6-5-7-49(63)56(42)75-60(83)51-41-69-61(92-51)74-52-39-53(72-43(2)71-52)76-21-23-77(24-22-76)54(80)16-26-84-28-30-86-32-34-88-36-37-89-35-33-87-31-29-85-27-18-67-58(81)44-14-19-78(20-15-44)57-48(50-13-17-70-79(50)55-8-3-4-25-90-55)38-45(40-68-57)59(82)73-46-9-11-47(12-10-46)91-62(64,65)66/h5-7,9-13,17,38-41,44,55H,3-4,8,14-16,18-37H2,1-2H3,(H,67,81)(H,73,82)(H,75,83)(H,69,71,72,74). The average molecular weight is 1340 g/mol. The van der Waals surface area contributed by atoms with E-state index < -0.39 is 11.5 Å². The first-order valence-electron chi connectivity index (χ1n) is 30.6. The van der Waals surface area contributed by atoms with E-state index in [1.165, 1.54) is 48.0 Å². The van der Waals surface area contributed by atoms with E-state index in [0.29, 0.717) is 194 Å². The van der Waals surface area contributed by atoms with Gasteiger partial charge in [0.05, 0.1) is 114 Å². The van der Waals surface area contributed by atoms with Gasteiger partial charge in [0.15, 0.2) is 11.4 Å². The van der Waals surface area contributed by atoms with E-state index in [-0.39, 0.29) is 47.6 Å². The maximum atomic E-state index is 13.5. The number of aryl methyl sites for hydroxylation is 2. The van der Waals surface area contributed by atoms with Gasteiger partial charge in [0, 0.05) is 99.6 Å². The van der Waals surface area contributed by atoms with Gasteiger partial charge >= 0.3 is 5.57 Å². The number of para-hydroxylation sites is 1. The molecule has 0 bridgehead atoms. The van der Waals surface area contributed by atoms with Gasteiger partial charge in [-0.05, 0) is 94.0 Å². The lowest BCUT2D eigenvalue weighted by atomic mass is 9.95. The fraction of sp³-hybridized carbons (Fsp3) is 0.500. The fourth-order valence-electron chi connectivity index (χ4n) is 10.4. The highest BCUT2D eigenvalue weighted by atomic mass is 35.5. The number of rotatable bonds is 34. The number of carbonyl (C=O) groups is 4. The molecular formula is C62H77Cl2F2N13O12S. The zero-order valence-electron chi connectivity index (χ0n) is 51.4. The Bertz CT molecular complexity index is 3330. The third-order valence-electron chi connectivity index (χ3n) is 15.1. The fourth-order valence-corrected chi connectivity index (χ4v) is 11.5. The molecule has 30 heteroatoms. The number of aromatic nitrogens is 6. The molecule has 3 fully saturated rings. The number of halogens is 4. The Labute approximate surface area is 546 Å². The van der Waals surface area contributed by atoms with Crippen LogP contribution in [0.2, 0.25) is 5.02 Å². The first-order valence-corrected chi connectivity index (χ1v) is 32.2. The van der Waals surface area contributed by atoms with Crippen molar-refractivity contribution >= 4 is 92.1 Å². The van der Waals surface area contributed by atoms with Crippen LogP contribution in [0.3, 0.4) is 0 Å². The molecule has 1 unspecified atom stereocenters. The molecule has 0 aliphatic carbocycles. The summed E-state index contributed by atoms with van der Waals surface area (Å²) in [7, 11) is 0. The van der Waals surface area contributed by atoms with Crippen molar-refractivity contribution in [2.75, 3.05) is 157 Å². The summed E-state index contributed by atoms with van der Waals surface area (Å²) in [6.45, 7) is 12.6. The Hall–Kier alpha value is -7.25. The number of amides is 4. The molecule has 2 aromatic carbocycles. The quantitative estimate of drug-likeness (QED) is 0.0217. The largest absolute Gasteiger partial charge is 0.487 e. The van der Waals surface area contributed by atoms with E-state index >= 15 is 0 Å². The molecule has 496 valence electrons. The summed E-state index contributed by atoms with van der Waals surface area (Å²) in [5.74, 6) is 1.33. The molecule has 3 aliphatic heterocycles. The number of piperazine rings is 1. The molecule has 6 aromatic rings. The summed E-state index contributed by atoms with van der Waals surface area (Å²) in [5, 5.41) is 17.4. The number of ether oxygens (including phenoxy) is 8. The molecule has 25 nitrogen and oxygen atoms in total. The number of nitrogens with zero attached hydrogens (tertiary/aromatic N) is 9. The normalized spacial score (nSPS) is 15.5. The maximum absolute atomic E-state index is 13.5. The van der Waals surface area contributed by atoms with Crippen molar-refractivity contribution < 1.29 is 65.9 Å².